The number of nitrogens with one attached hydrogen (secondary N) is 1. The summed E-state index contributed by atoms with van der Waals surface area (Å²) >= 11 is 3.58. The molecule has 0 aromatic rings. The van der Waals surface area contributed by atoms with Gasteiger partial charge in [-0.15, -0.1) is 0 Å². The van der Waals surface area contributed by atoms with Crippen LogP contribution in [0.1, 0.15) is 25.7 Å². The van der Waals surface area contributed by atoms with Gasteiger partial charge in [0.25, 0.3) is 6.43 Å². The van der Waals surface area contributed by atoms with Gasteiger partial charge in [0.15, 0.2) is 0 Å². The molecule has 2 atom stereocenters. The van der Waals surface area contributed by atoms with Crippen molar-refractivity contribution in [2.75, 3.05) is 19.8 Å². The fraction of sp³-hybridized carbons (Fsp3) is 0.909. The maximum absolute atomic E-state index is 11.7. The lowest BCUT2D eigenvalue weighted by Crippen LogP contribution is -2.31. The first kappa shape index (κ1) is 14.8. The lowest BCUT2D eigenvalue weighted by molar-refractivity contribution is -0.122. The zero-order chi connectivity index (χ0) is 12.7. The van der Waals surface area contributed by atoms with Crippen LogP contribution in [0.2, 0.25) is 0 Å². The number of ether oxygens (including phenoxy) is 1. The third-order valence-corrected chi connectivity index (χ3v) is 4.05. The molecule has 0 aromatic heterocycles. The fourth-order valence-corrected chi connectivity index (χ4v) is 2.67. The quantitative estimate of drug-likeness (QED) is 0.579. The summed E-state index contributed by atoms with van der Waals surface area (Å²) in [7, 11) is 0. The normalized spacial score (nSPS) is 24.2. The van der Waals surface area contributed by atoms with Gasteiger partial charge < -0.3 is 10.1 Å². The van der Waals surface area contributed by atoms with Crippen LogP contribution in [0.15, 0.2) is 0 Å². The van der Waals surface area contributed by atoms with Crippen LogP contribution in [-0.4, -0.2) is 36.9 Å². The van der Waals surface area contributed by atoms with Crippen molar-refractivity contribution in [3.63, 3.8) is 0 Å². The number of hydrogen-bond acceptors (Lipinski definition) is 2. The summed E-state index contributed by atoms with van der Waals surface area (Å²) < 4.78 is 28.1. The smallest absolute Gasteiger partial charge is 0.261 e. The highest BCUT2D eigenvalue weighted by Gasteiger charge is 2.24. The Balaban J connectivity index is 2.01. The Bertz CT molecular complexity index is 242. The Kier molecular flexibility index (Phi) is 6.96. The molecule has 3 nitrogen and oxygen atoms in total. The predicted octanol–water partition coefficient (Wildman–Crippen LogP) is 2.34. The van der Waals surface area contributed by atoms with Crippen LogP contribution >= 0.6 is 15.9 Å². The van der Waals surface area contributed by atoms with E-state index in [1.54, 1.807) is 0 Å². The minimum absolute atomic E-state index is 0.0541. The van der Waals surface area contributed by atoms with Gasteiger partial charge in [-0.1, -0.05) is 22.4 Å². The van der Waals surface area contributed by atoms with Gasteiger partial charge in [0.05, 0.1) is 6.61 Å². The molecule has 1 aliphatic carbocycles. The van der Waals surface area contributed by atoms with E-state index in [2.05, 4.69) is 26.0 Å². The molecule has 1 fully saturated rings. The van der Waals surface area contributed by atoms with Gasteiger partial charge in [-0.2, -0.15) is 0 Å². The van der Waals surface area contributed by atoms with Gasteiger partial charge in [0.2, 0.25) is 5.91 Å². The second-order valence-electron chi connectivity index (χ2n) is 4.23. The first-order valence-electron chi connectivity index (χ1n) is 5.86. The Labute approximate surface area is 108 Å². The van der Waals surface area contributed by atoms with E-state index in [9.17, 15) is 13.6 Å². The Morgan fingerprint density at radius 3 is 2.82 bits per heavy atom. The molecule has 1 amide bonds. The van der Waals surface area contributed by atoms with Crippen LogP contribution in [0.3, 0.4) is 0 Å². The Hall–Kier alpha value is -0.230. The minimum Gasteiger partial charge on any atom is -0.375 e. The van der Waals surface area contributed by atoms with Crippen molar-refractivity contribution in [2.24, 2.45) is 5.92 Å². The van der Waals surface area contributed by atoms with Crippen LogP contribution in [-0.2, 0) is 9.53 Å². The number of rotatable bonds is 7. The third-order valence-electron chi connectivity index (χ3n) is 2.85. The zero-order valence-corrected chi connectivity index (χ0v) is 11.2. The molecule has 1 rings (SSSR count). The molecule has 0 bridgehead atoms. The van der Waals surface area contributed by atoms with Gasteiger partial charge in [-0.3, -0.25) is 4.79 Å². The lowest BCUT2D eigenvalue weighted by Gasteiger charge is -2.14. The summed E-state index contributed by atoms with van der Waals surface area (Å²) in [6.07, 6.45) is 1.14. The molecule has 0 saturated heterocycles. The van der Waals surface area contributed by atoms with Crippen LogP contribution in [0.25, 0.3) is 0 Å². The molecule has 0 aliphatic heterocycles. The molecule has 1 aliphatic rings. The average molecular weight is 314 g/mol. The Morgan fingerprint density at radius 2 is 2.24 bits per heavy atom. The standard InChI is InChI=1S/C11H18BrF2NO2/c12-9-3-1-2-8(9)6-15-11(16)4-5-17-7-10(13)14/h8-10H,1-7H2,(H,15,16). The first-order chi connectivity index (χ1) is 8.09. The SMILES string of the molecule is O=C(CCOCC(F)F)NCC1CCCC1Br. The molecule has 100 valence electrons. The zero-order valence-electron chi connectivity index (χ0n) is 9.63. The van der Waals surface area contributed by atoms with Crippen molar-refractivity contribution >= 4 is 21.8 Å². The van der Waals surface area contributed by atoms with Crippen LogP contribution in [0, 0.1) is 5.92 Å². The second-order valence-corrected chi connectivity index (χ2v) is 5.40. The fourth-order valence-electron chi connectivity index (χ4n) is 1.89. The van der Waals surface area contributed by atoms with Crippen molar-refractivity contribution in [1.29, 1.82) is 0 Å². The van der Waals surface area contributed by atoms with Crippen molar-refractivity contribution in [3.05, 3.63) is 0 Å². The van der Waals surface area contributed by atoms with Crippen molar-refractivity contribution in [3.8, 4) is 0 Å². The van der Waals surface area contributed by atoms with Crippen LogP contribution in [0.4, 0.5) is 8.78 Å². The summed E-state index contributed by atoms with van der Waals surface area (Å²) in [5.74, 6) is 0.354. The van der Waals surface area contributed by atoms with E-state index in [1.807, 2.05) is 0 Å². The highest BCUT2D eigenvalue weighted by Crippen LogP contribution is 2.30. The molecule has 2 unspecified atom stereocenters. The number of alkyl halides is 3. The molecule has 0 radical (unpaired) electrons. The molecule has 17 heavy (non-hydrogen) atoms. The van der Waals surface area contributed by atoms with Gasteiger partial charge in [0, 0.05) is 17.8 Å². The van der Waals surface area contributed by atoms with E-state index in [-0.39, 0.29) is 18.9 Å². The van der Waals surface area contributed by atoms with Gasteiger partial charge >= 0.3 is 0 Å². The van der Waals surface area contributed by atoms with E-state index in [0.29, 0.717) is 17.3 Å². The van der Waals surface area contributed by atoms with E-state index in [0.717, 1.165) is 12.8 Å². The van der Waals surface area contributed by atoms with E-state index in [4.69, 9.17) is 0 Å². The first-order valence-corrected chi connectivity index (χ1v) is 6.78. The second kappa shape index (κ2) is 7.97. The number of carbonyl (C=O) groups excluding carboxylic acids is 1. The van der Waals surface area contributed by atoms with E-state index < -0.39 is 13.0 Å². The summed E-state index contributed by atoms with van der Waals surface area (Å²) in [6.45, 7) is 0.113. The monoisotopic (exact) mass is 313 g/mol. The summed E-state index contributed by atoms with van der Waals surface area (Å²) in [4.78, 5) is 11.8. The topological polar surface area (TPSA) is 38.3 Å². The van der Waals surface area contributed by atoms with Crippen LogP contribution in [0.5, 0.6) is 0 Å². The molecule has 1 N–H and O–H groups in total. The molecule has 1 saturated carbocycles. The lowest BCUT2D eigenvalue weighted by atomic mass is 10.1. The number of hydrogen-bond donors (Lipinski definition) is 1. The largest absolute Gasteiger partial charge is 0.375 e. The average Bonchev–Trinajstić information content (AvgIpc) is 2.67. The van der Waals surface area contributed by atoms with Crippen molar-refractivity contribution in [1.82, 2.24) is 5.32 Å². The van der Waals surface area contributed by atoms with Gasteiger partial charge in [-0.05, 0) is 18.8 Å². The van der Waals surface area contributed by atoms with Gasteiger partial charge in [-0.25, -0.2) is 8.78 Å². The minimum atomic E-state index is -2.47. The summed E-state index contributed by atoms with van der Waals surface area (Å²) in [6, 6.07) is 0. The molecule has 6 heteroatoms. The van der Waals surface area contributed by atoms with Crippen LogP contribution < -0.4 is 5.32 Å². The molecule has 0 spiro atoms. The number of amides is 1. The van der Waals surface area contributed by atoms with Gasteiger partial charge in [0.1, 0.15) is 6.61 Å². The summed E-state index contributed by atoms with van der Waals surface area (Å²) in [5.41, 5.74) is 0. The van der Waals surface area contributed by atoms with E-state index >= 15 is 0 Å². The molecule has 0 aromatic carbocycles. The molecule has 0 heterocycles. The highest BCUT2D eigenvalue weighted by molar-refractivity contribution is 9.09. The number of carbonyl (C=O) groups is 1. The predicted molar refractivity (Wildman–Crippen MR) is 64.5 cm³/mol. The van der Waals surface area contributed by atoms with Crippen molar-refractivity contribution < 1.29 is 18.3 Å². The number of halogens is 3. The third kappa shape index (κ3) is 6.31. The maximum Gasteiger partial charge on any atom is 0.261 e. The Morgan fingerprint density at radius 1 is 1.47 bits per heavy atom. The highest BCUT2D eigenvalue weighted by atomic mass is 79.9. The summed E-state index contributed by atoms with van der Waals surface area (Å²) in [5, 5.41) is 2.81. The molecular formula is C11H18BrF2NO2. The maximum atomic E-state index is 11.7. The molecular weight excluding hydrogens is 296 g/mol. The van der Waals surface area contributed by atoms with E-state index in [1.165, 1.54) is 6.42 Å². The van der Waals surface area contributed by atoms with Crippen molar-refractivity contribution in [2.45, 2.75) is 36.9 Å².